The molecule has 0 unspecified atom stereocenters. The lowest BCUT2D eigenvalue weighted by atomic mass is 9.47. The molecular weight excluding hydrogens is 382 g/mol. The first-order chi connectivity index (χ1) is 14.8. The van der Waals surface area contributed by atoms with Crippen LogP contribution in [0.25, 0.3) is 0 Å². The van der Waals surface area contributed by atoms with Crippen molar-refractivity contribution in [1.82, 2.24) is 5.48 Å². The number of nitrogens with one attached hydrogen (secondary N) is 1. The fraction of sp³-hybridized carbons (Fsp3) is 0.893. The lowest BCUT2D eigenvalue weighted by molar-refractivity contribution is -0.128. The number of hydroxylamine groups is 1. The monoisotopic (exact) mass is 429 g/mol. The Kier molecular flexibility index (Phi) is 6.92. The van der Waals surface area contributed by atoms with Crippen molar-refractivity contribution in [2.45, 2.75) is 111 Å². The highest BCUT2D eigenvalue weighted by Gasteiger charge is 2.59. The van der Waals surface area contributed by atoms with Crippen molar-refractivity contribution in [3.8, 4) is 0 Å². The van der Waals surface area contributed by atoms with E-state index < -0.39 is 0 Å². The third-order valence-corrected chi connectivity index (χ3v) is 10.5. The molecule has 0 aromatic heterocycles. The summed E-state index contributed by atoms with van der Waals surface area (Å²) in [5.41, 5.74) is 4.99. The zero-order valence-corrected chi connectivity index (χ0v) is 20.8. The Labute approximate surface area is 191 Å². The first-order valence-electron chi connectivity index (χ1n) is 13.3. The molecule has 8 atom stereocenters. The molecule has 0 aromatic rings. The zero-order chi connectivity index (χ0) is 22.2. The maximum atomic E-state index is 10.6. The van der Waals surface area contributed by atoms with Crippen molar-refractivity contribution in [3.05, 3.63) is 11.6 Å². The summed E-state index contributed by atoms with van der Waals surface area (Å²) in [4.78, 5) is 16.2. The quantitative estimate of drug-likeness (QED) is 0.254. The first-order valence-corrected chi connectivity index (χ1v) is 13.3. The Hall–Kier alpha value is -0.830. The molecule has 0 bridgehead atoms. The average molecular weight is 430 g/mol. The lowest BCUT2D eigenvalue weighted by Crippen LogP contribution is -2.51. The van der Waals surface area contributed by atoms with E-state index in [9.17, 15) is 4.79 Å². The van der Waals surface area contributed by atoms with Gasteiger partial charge in [0.15, 0.2) is 0 Å². The number of hydrogen-bond acceptors (Lipinski definition) is 2. The third kappa shape index (κ3) is 4.25. The standard InChI is InChI=1S/C28H47NO2/c1-19(2)7-6-8-20(3)24-11-12-25-23-10-9-21-17-22(31-29-18-30)13-15-27(21,4)26(23)14-16-28(24,25)5/h9,18-20,22-26H,6-8,10-17H2,1-5H3,(H,29,30)/t20-,22+,23+,24-,25+,26+,27+,28-/m1/s1. The third-order valence-electron chi connectivity index (χ3n) is 10.5. The molecule has 0 spiro atoms. The van der Waals surface area contributed by atoms with Gasteiger partial charge in [0.2, 0.25) is 6.41 Å². The topological polar surface area (TPSA) is 38.3 Å². The summed E-state index contributed by atoms with van der Waals surface area (Å²) in [7, 11) is 0. The fourth-order valence-electron chi connectivity index (χ4n) is 8.88. The van der Waals surface area contributed by atoms with Gasteiger partial charge in [0.25, 0.3) is 0 Å². The lowest BCUT2D eigenvalue weighted by Gasteiger charge is -2.58. The highest BCUT2D eigenvalue weighted by Crippen LogP contribution is 2.67. The molecule has 3 heteroatoms. The minimum absolute atomic E-state index is 0.150. The second kappa shape index (κ2) is 9.20. The van der Waals surface area contributed by atoms with Gasteiger partial charge in [-0.15, -0.1) is 0 Å². The van der Waals surface area contributed by atoms with Crippen molar-refractivity contribution in [2.75, 3.05) is 0 Å². The van der Waals surface area contributed by atoms with Gasteiger partial charge < -0.3 is 0 Å². The normalized spacial score (nSPS) is 42.9. The smallest absolute Gasteiger partial charge is 0.230 e. The van der Waals surface area contributed by atoms with Crippen molar-refractivity contribution in [1.29, 1.82) is 0 Å². The Morgan fingerprint density at radius 1 is 1.10 bits per heavy atom. The van der Waals surface area contributed by atoms with Crippen LogP contribution < -0.4 is 5.48 Å². The van der Waals surface area contributed by atoms with Gasteiger partial charge in [-0.1, -0.05) is 65.5 Å². The van der Waals surface area contributed by atoms with E-state index in [2.05, 4.69) is 46.2 Å². The van der Waals surface area contributed by atoms with Gasteiger partial charge in [0, 0.05) is 0 Å². The Bertz CT molecular complexity index is 672. The summed E-state index contributed by atoms with van der Waals surface area (Å²) >= 11 is 0. The van der Waals surface area contributed by atoms with Gasteiger partial charge in [-0.3, -0.25) is 9.63 Å². The Morgan fingerprint density at radius 3 is 2.65 bits per heavy atom. The second-order valence-electron chi connectivity index (χ2n) is 12.5. The van der Waals surface area contributed by atoms with Crippen molar-refractivity contribution in [2.24, 2.45) is 46.3 Å². The highest BCUT2D eigenvalue weighted by atomic mass is 16.7. The molecule has 0 saturated heterocycles. The molecule has 31 heavy (non-hydrogen) atoms. The predicted molar refractivity (Wildman–Crippen MR) is 127 cm³/mol. The molecule has 0 aromatic carbocycles. The van der Waals surface area contributed by atoms with Crippen LogP contribution in [0.1, 0.15) is 105 Å². The largest absolute Gasteiger partial charge is 0.277 e. The van der Waals surface area contributed by atoms with E-state index in [1.807, 2.05) is 0 Å². The van der Waals surface area contributed by atoms with Crippen molar-refractivity contribution >= 4 is 6.41 Å². The predicted octanol–water partition coefficient (Wildman–Crippen LogP) is 7.07. The molecule has 0 aliphatic heterocycles. The number of amides is 1. The van der Waals surface area contributed by atoms with Crippen LogP contribution in [-0.4, -0.2) is 12.5 Å². The van der Waals surface area contributed by atoms with Gasteiger partial charge in [-0.05, 0) is 97.7 Å². The van der Waals surface area contributed by atoms with Gasteiger partial charge in [-0.25, -0.2) is 5.48 Å². The van der Waals surface area contributed by atoms with Crippen LogP contribution in [0.15, 0.2) is 11.6 Å². The molecule has 4 aliphatic carbocycles. The van der Waals surface area contributed by atoms with Crippen molar-refractivity contribution < 1.29 is 9.63 Å². The first kappa shape index (κ1) is 23.3. The van der Waals surface area contributed by atoms with E-state index in [1.54, 1.807) is 5.57 Å². The summed E-state index contributed by atoms with van der Waals surface area (Å²) in [6.45, 7) is 12.5. The number of allylic oxidation sites excluding steroid dienone is 1. The summed E-state index contributed by atoms with van der Waals surface area (Å²) in [6.07, 6.45) is 18.0. The van der Waals surface area contributed by atoms with E-state index >= 15 is 0 Å². The number of hydrogen-bond donors (Lipinski definition) is 1. The van der Waals surface area contributed by atoms with E-state index in [0.29, 0.717) is 17.2 Å². The Balaban J connectivity index is 1.45. The van der Waals surface area contributed by atoms with E-state index in [4.69, 9.17) is 4.84 Å². The van der Waals surface area contributed by atoms with Gasteiger partial charge in [0.05, 0.1) is 6.10 Å². The van der Waals surface area contributed by atoms with Crippen LogP contribution in [0, 0.1) is 46.3 Å². The molecule has 1 N–H and O–H groups in total. The minimum Gasteiger partial charge on any atom is -0.277 e. The molecule has 0 heterocycles. The summed E-state index contributed by atoms with van der Waals surface area (Å²) in [5.74, 6) is 5.31. The van der Waals surface area contributed by atoms with Gasteiger partial charge in [0.1, 0.15) is 0 Å². The minimum atomic E-state index is 0.150. The molecule has 3 nitrogen and oxygen atoms in total. The molecule has 3 fully saturated rings. The van der Waals surface area contributed by atoms with E-state index in [1.165, 1.54) is 57.8 Å². The maximum absolute atomic E-state index is 10.6. The van der Waals surface area contributed by atoms with Crippen molar-refractivity contribution in [3.63, 3.8) is 0 Å². The number of carbonyl (C=O) groups is 1. The molecule has 0 radical (unpaired) electrons. The van der Waals surface area contributed by atoms with Crippen LogP contribution in [-0.2, 0) is 9.63 Å². The van der Waals surface area contributed by atoms with Crippen LogP contribution >= 0.6 is 0 Å². The van der Waals surface area contributed by atoms with Crippen LogP contribution in [0.2, 0.25) is 0 Å². The van der Waals surface area contributed by atoms with Gasteiger partial charge >= 0.3 is 0 Å². The molecule has 3 saturated carbocycles. The summed E-state index contributed by atoms with van der Waals surface area (Å²) in [5, 5.41) is 0. The second-order valence-corrected chi connectivity index (χ2v) is 12.5. The number of rotatable bonds is 8. The highest BCUT2D eigenvalue weighted by molar-refractivity contribution is 5.43. The zero-order valence-electron chi connectivity index (χ0n) is 20.8. The summed E-state index contributed by atoms with van der Waals surface area (Å²) < 4.78 is 0. The Morgan fingerprint density at radius 2 is 1.90 bits per heavy atom. The van der Waals surface area contributed by atoms with Crippen LogP contribution in [0.3, 0.4) is 0 Å². The van der Waals surface area contributed by atoms with Crippen LogP contribution in [0.5, 0.6) is 0 Å². The van der Waals surface area contributed by atoms with Gasteiger partial charge in [-0.2, -0.15) is 0 Å². The number of fused-ring (bicyclic) bond motifs is 5. The fourth-order valence-corrected chi connectivity index (χ4v) is 8.88. The maximum Gasteiger partial charge on any atom is 0.230 e. The average Bonchev–Trinajstić information content (AvgIpc) is 3.09. The molecule has 176 valence electrons. The van der Waals surface area contributed by atoms with Crippen LogP contribution in [0.4, 0.5) is 0 Å². The number of carbonyl (C=O) groups excluding carboxylic acids is 1. The van der Waals surface area contributed by atoms with E-state index in [-0.39, 0.29) is 6.10 Å². The molecule has 4 rings (SSSR count). The molecular formula is C28H47NO2. The SMILES string of the molecule is CC(C)CCC[C@@H](C)[C@H]1CC[C@H]2[C@@H]3CC=C4C[C@@H](ONC=O)CC[C@]4(C)[C@H]3CC[C@]12C. The van der Waals surface area contributed by atoms with E-state index in [0.717, 1.165) is 48.3 Å². The molecule has 4 aliphatic rings. The molecule has 1 amide bonds. The summed E-state index contributed by atoms with van der Waals surface area (Å²) in [6, 6.07) is 0.